The van der Waals surface area contributed by atoms with Crippen molar-refractivity contribution in [1.29, 1.82) is 0 Å². The van der Waals surface area contributed by atoms with E-state index in [1.54, 1.807) is 0 Å². The molecule has 0 N–H and O–H groups in total. The quantitative estimate of drug-likeness (QED) is 0.640. The molecule has 1 aliphatic rings. The maximum atomic E-state index is 13.1. The van der Waals surface area contributed by atoms with E-state index in [0.717, 1.165) is 16.0 Å². The molecule has 6 heteroatoms. The van der Waals surface area contributed by atoms with Gasteiger partial charge in [-0.2, -0.15) is 9.78 Å². The van der Waals surface area contributed by atoms with Crippen LogP contribution in [0.25, 0.3) is 16.9 Å². The Kier molecular flexibility index (Phi) is 3.70. The minimum absolute atomic E-state index is 0.287. The number of rotatable bonds is 1. The summed E-state index contributed by atoms with van der Waals surface area (Å²) in [6, 6.07) is 14.5. The fourth-order valence-corrected chi connectivity index (χ4v) is 4.12. The summed E-state index contributed by atoms with van der Waals surface area (Å²) in [5.41, 5.74) is 2.42. The molecule has 2 heterocycles. The summed E-state index contributed by atoms with van der Waals surface area (Å²) in [6.07, 6.45) is 0.531. The Morgan fingerprint density at radius 2 is 1.88 bits per heavy atom. The highest BCUT2D eigenvalue weighted by Gasteiger charge is 2.25. The Bertz CT molecular complexity index is 969. The third-order valence-electron chi connectivity index (χ3n) is 4.03. The highest BCUT2D eigenvalue weighted by molar-refractivity contribution is 7.91. The Balaban J connectivity index is 1.96. The van der Waals surface area contributed by atoms with E-state index < -0.39 is 11.2 Å². The lowest BCUT2D eigenvalue weighted by molar-refractivity contribution is 0.595. The van der Waals surface area contributed by atoms with Gasteiger partial charge < -0.3 is 4.55 Å². The molecule has 1 unspecified atom stereocenters. The largest absolute Gasteiger partial charge is 0.611 e. The van der Waals surface area contributed by atoms with Gasteiger partial charge in [-0.05, 0) is 53.1 Å². The van der Waals surface area contributed by atoms with Crippen LogP contribution in [0.3, 0.4) is 0 Å². The second-order valence-electron chi connectivity index (χ2n) is 5.54. The van der Waals surface area contributed by atoms with Crippen LogP contribution in [0.1, 0.15) is 5.56 Å². The van der Waals surface area contributed by atoms with Crippen molar-refractivity contribution in [1.82, 2.24) is 9.78 Å². The minimum atomic E-state index is -1.12. The summed E-state index contributed by atoms with van der Waals surface area (Å²) in [6.45, 7) is 0. The summed E-state index contributed by atoms with van der Waals surface area (Å²) in [5.74, 6) is 0.0911. The predicted octanol–water partition coefficient (Wildman–Crippen LogP) is 2.70. The number of hydrogen-bond acceptors (Lipinski definition) is 3. The van der Waals surface area contributed by atoms with Gasteiger partial charge in [0.25, 0.3) is 5.56 Å². The van der Waals surface area contributed by atoms with Gasteiger partial charge >= 0.3 is 0 Å². The molecule has 0 fully saturated rings. The van der Waals surface area contributed by atoms with Crippen LogP contribution in [-0.2, 0) is 17.6 Å². The van der Waals surface area contributed by atoms with Crippen molar-refractivity contribution in [3.8, 4) is 16.9 Å². The number of halogens is 1. The molecule has 0 amide bonds. The lowest BCUT2D eigenvalue weighted by Gasteiger charge is -2.11. The van der Waals surface area contributed by atoms with Gasteiger partial charge in [-0.25, -0.2) is 4.39 Å². The first-order valence-corrected chi connectivity index (χ1v) is 8.82. The summed E-state index contributed by atoms with van der Waals surface area (Å²) < 4.78 is 26.8. The van der Waals surface area contributed by atoms with Crippen molar-refractivity contribution in [3.05, 3.63) is 76.3 Å². The number of aryl methyl sites for hydroxylation is 1. The molecule has 1 atom stereocenters. The molecule has 120 valence electrons. The van der Waals surface area contributed by atoms with Crippen molar-refractivity contribution in [2.45, 2.75) is 11.3 Å². The Morgan fingerprint density at radius 3 is 2.67 bits per heavy atom. The van der Waals surface area contributed by atoms with E-state index in [2.05, 4.69) is 5.10 Å². The first-order valence-electron chi connectivity index (χ1n) is 7.50. The van der Waals surface area contributed by atoms with Crippen LogP contribution in [0.4, 0.5) is 4.39 Å². The van der Waals surface area contributed by atoms with Gasteiger partial charge in [0.05, 0.1) is 16.9 Å². The maximum Gasteiger partial charge on any atom is 0.271 e. The number of nitrogens with zero attached hydrogens (tertiary/aromatic N) is 2. The number of benzene rings is 2. The predicted molar refractivity (Wildman–Crippen MR) is 90.2 cm³/mol. The number of hydrogen-bond donors (Lipinski definition) is 0. The normalized spacial score (nSPS) is 16.2. The molecule has 3 aromatic rings. The molecule has 0 aliphatic carbocycles. The summed E-state index contributed by atoms with van der Waals surface area (Å²) in [5, 5.41) is 4.50. The summed E-state index contributed by atoms with van der Waals surface area (Å²) in [7, 11) is 0. The first kappa shape index (κ1) is 15.1. The molecule has 1 aromatic heterocycles. The van der Waals surface area contributed by atoms with E-state index >= 15 is 0 Å². The highest BCUT2D eigenvalue weighted by atomic mass is 32.2. The molecule has 0 spiro atoms. The van der Waals surface area contributed by atoms with Crippen LogP contribution in [0.2, 0.25) is 0 Å². The molecule has 0 radical (unpaired) electrons. The zero-order chi connectivity index (χ0) is 16.7. The molecular weight excluding hydrogens is 327 g/mol. The third-order valence-corrected chi connectivity index (χ3v) is 5.45. The van der Waals surface area contributed by atoms with Crippen molar-refractivity contribution in [2.75, 3.05) is 5.75 Å². The molecule has 4 rings (SSSR count). The Labute approximate surface area is 140 Å². The first-order chi connectivity index (χ1) is 11.6. The third kappa shape index (κ3) is 2.53. The van der Waals surface area contributed by atoms with Crippen molar-refractivity contribution < 1.29 is 8.94 Å². The minimum Gasteiger partial charge on any atom is -0.611 e. The molecule has 4 nitrogen and oxygen atoms in total. The molecule has 0 saturated carbocycles. The van der Waals surface area contributed by atoms with Crippen LogP contribution in [-0.4, -0.2) is 20.1 Å². The average Bonchev–Trinajstić information content (AvgIpc) is 2.73. The highest BCUT2D eigenvalue weighted by Crippen LogP contribution is 2.32. The molecule has 1 aliphatic heterocycles. The van der Waals surface area contributed by atoms with Gasteiger partial charge in [-0.3, -0.25) is 4.79 Å². The van der Waals surface area contributed by atoms with E-state index in [9.17, 15) is 13.7 Å². The van der Waals surface area contributed by atoms with E-state index in [0.29, 0.717) is 23.6 Å². The molecule has 24 heavy (non-hydrogen) atoms. The van der Waals surface area contributed by atoms with Gasteiger partial charge in [0.1, 0.15) is 11.6 Å². The van der Waals surface area contributed by atoms with Crippen LogP contribution >= 0.6 is 0 Å². The summed E-state index contributed by atoms with van der Waals surface area (Å²) >= 11 is -1.12. The van der Waals surface area contributed by atoms with Crippen molar-refractivity contribution in [3.63, 3.8) is 0 Å². The molecular formula is C18H13FN2O2S. The monoisotopic (exact) mass is 340 g/mol. The summed E-state index contributed by atoms with van der Waals surface area (Å²) in [4.78, 5) is 13.1. The van der Waals surface area contributed by atoms with E-state index in [1.807, 2.05) is 24.3 Å². The molecule has 0 bridgehead atoms. The van der Waals surface area contributed by atoms with Crippen LogP contribution in [0, 0.1) is 5.82 Å². The van der Waals surface area contributed by atoms with Gasteiger partial charge in [-0.1, -0.05) is 12.1 Å². The lowest BCUT2D eigenvalue weighted by Crippen LogP contribution is -2.22. The second-order valence-corrected chi connectivity index (χ2v) is 7.08. The topological polar surface area (TPSA) is 58.0 Å². The standard InChI is InChI=1S/C18H13FN2O2S/c19-13-5-7-14(8-6-13)21-17(22)11-12-9-10-24(23)16-4-2-1-3-15(16)18(12)20-21/h1-8,11H,9-10H2. The molecule has 2 aromatic carbocycles. The second kappa shape index (κ2) is 5.89. The van der Waals surface area contributed by atoms with Gasteiger partial charge in [-0.15, -0.1) is 0 Å². The van der Waals surface area contributed by atoms with E-state index in [4.69, 9.17) is 0 Å². The fourth-order valence-electron chi connectivity index (χ4n) is 2.85. The van der Waals surface area contributed by atoms with E-state index in [-0.39, 0.29) is 11.4 Å². The Morgan fingerprint density at radius 1 is 1.12 bits per heavy atom. The zero-order valence-corrected chi connectivity index (χ0v) is 13.4. The van der Waals surface area contributed by atoms with Gasteiger partial charge in [0.15, 0.2) is 4.90 Å². The van der Waals surface area contributed by atoms with E-state index in [1.165, 1.54) is 35.0 Å². The maximum absolute atomic E-state index is 13.1. The fraction of sp³-hybridized carbons (Fsp3) is 0.111. The smallest absolute Gasteiger partial charge is 0.271 e. The zero-order valence-electron chi connectivity index (χ0n) is 12.6. The number of aromatic nitrogens is 2. The van der Waals surface area contributed by atoms with Crippen molar-refractivity contribution >= 4 is 11.2 Å². The van der Waals surface area contributed by atoms with Crippen LogP contribution in [0.15, 0.2) is 64.3 Å². The van der Waals surface area contributed by atoms with Crippen LogP contribution < -0.4 is 5.56 Å². The van der Waals surface area contributed by atoms with Crippen LogP contribution in [0.5, 0.6) is 0 Å². The lowest BCUT2D eigenvalue weighted by atomic mass is 10.1. The van der Waals surface area contributed by atoms with Crippen molar-refractivity contribution in [2.24, 2.45) is 0 Å². The SMILES string of the molecule is O=c1cc2c(nn1-c1ccc(F)cc1)-c1ccccc1[S+]([O-])CC2. The molecule has 0 saturated heterocycles. The number of fused-ring (bicyclic) bond motifs is 3. The van der Waals surface area contributed by atoms with Gasteiger partial charge in [0, 0.05) is 12.5 Å². The van der Waals surface area contributed by atoms with Gasteiger partial charge in [0.2, 0.25) is 0 Å². The average molecular weight is 340 g/mol. The Hall–Kier alpha value is -2.44.